The van der Waals surface area contributed by atoms with Crippen molar-refractivity contribution in [3.8, 4) is 5.75 Å². The number of phenols is 1. The first-order valence-electron chi connectivity index (χ1n) is 11.3. The molecular formula is C25H32ClFN4O4. The number of nitrogens with one attached hydrogen (secondary N) is 1. The summed E-state index contributed by atoms with van der Waals surface area (Å²) in [4.78, 5) is 38.4. The van der Waals surface area contributed by atoms with Crippen molar-refractivity contribution in [3.05, 3.63) is 58.4 Å². The highest BCUT2D eigenvalue weighted by Crippen LogP contribution is 2.23. The molecule has 3 rings (SSSR count). The monoisotopic (exact) mass is 506 g/mol. The molecule has 1 aliphatic heterocycles. The van der Waals surface area contributed by atoms with Gasteiger partial charge in [-0.15, -0.1) is 0 Å². The quantitative estimate of drug-likeness (QED) is 0.377. The zero-order valence-corrected chi connectivity index (χ0v) is 20.7. The topological polar surface area (TPSA) is 93.2 Å². The molecule has 1 atom stereocenters. The summed E-state index contributed by atoms with van der Waals surface area (Å²) in [6, 6.07) is 8.75. The van der Waals surface area contributed by atoms with Crippen LogP contribution in [-0.2, 0) is 16.0 Å². The maximum absolute atomic E-state index is 13.0. The number of anilines is 1. The molecule has 2 aromatic carbocycles. The summed E-state index contributed by atoms with van der Waals surface area (Å²) in [5.74, 6) is -0.264. The van der Waals surface area contributed by atoms with E-state index in [1.165, 1.54) is 24.3 Å². The molecule has 1 heterocycles. The number of hydrogen-bond donors (Lipinski definition) is 2. The Balaban J connectivity index is 0.000000250. The second kappa shape index (κ2) is 14.4. The lowest BCUT2D eigenvalue weighted by Gasteiger charge is -2.34. The van der Waals surface area contributed by atoms with E-state index in [-0.39, 0.29) is 17.6 Å². The number of aldehydes is 2. The number of carbonyl (C=O) groups is 3. The Morgan fingerprint density at radius 1 is 1.14 bits per heavy atom. The number of amides is 1. The number of halogens is 2. The number of carbonyl (C=O) groups excluding carboxylic acids is 3. The molecule has 0 saturated carbocycles. The fourth-order valence-corrected chi connectivity index (χ4v) is 3.91. The van der Waals surface area contributed by atoms with Gasteiger partial charge in [0.05, 0.1) is 6.04 Å². The number of nitrogens with zero attached hydrogens (tertiary/aromatic N) is 3. The van der Waals surface area contributed by atoms with E-state index in [1.807, 2.05) is 4.90 Å². The maximum atomic E-state index is 13.0. The van der Waals surface area contributed by atoms with E-state index in [0.29, 0.717) is 36.5 Å². The predicted molar refractivity (Wildman–Crippen MR) is 135 cm³/mol. The van der Waals surface area contributed by atoms with E-state index in [0.717, 1.165) is 50.0 Å². The lowest BCUT2D eigenvalue weighted by Crippen LogP contribution is -2.44. The first-order valence-corrected chi connectivity index (χ1v) is 11.6. The SMILES string of the molecule is CN(CCNC=O)C(C=O)Cc1ccc(O)cc1Cl.CN1CCN(c2ccc(F)cc2C=O)CC1. The van der Waals surface area contributed by atoms with Gasteiger partial charge in [-0.2, -0.15) is 0 Å². The van der Waals surface area contributed by atoms with Crippen molar-refractivity contribution >= 4 is 36.3 Å². The van der Waals surface area contributed by atoms with Crippen molar-refractivity contribution in [3.63, 3.8) is 0 Å². The summed E-state index contributed by atoms with van der Waals surface area (Å²) in [6.07, 6.45) is 2.65. The lowest BCUT2D eigenvalue weighted by atomic mass is 10.1. The number of benzene rings is 2. The van der Waals surface area contributed by atoms with Gasteiger partial charge in [-0.25, -0.2) is 4.39 Å². The van der Waals surface area contributed by atoms with Crippen LogP contribution in [0.1, 0.15) is 15.9 Å². The molecule has 10 heteroatoms. The van der Waals surface area contributed by atoms with Crippen LogP contribution in [0.4, 0.5) is 10.1 Å². The number of aromatic hydroxyl groups is 1. The molecule has 1 aliphatic rings. The predicted octanol–water partition coefficient (Wildman–Crippen LogP) is 2.22. The van der Waals surface area contributed by atoms with Crippen molar-refractivity contribution in [1.29, 1.82) is 0 Å². The third-order valence-corrected chi connectivity index (χ3v) is 6.19. The number of phenolic OH excluding ortho intramolecular Hbond substituents is 1. The largest absolute Gasteiger partial charge is 0.508 e. The second-order valence-corrected chi connectivity index (χ2v) is 8.75. The first kappa shape index (κ1) is 28.2. The Bertz CT molecular complexity index is 986. The van der Waals surface area contributed by atoms with Crippen LogP contribution in [0.3, 0.4) is 0 Å². The fourth-order valence-electron chi connectivity index (χ4n) is 3.66. The molecule has 1 amide bonds. The molecule has 1 unspecified atom stereocenters. The van der Waals surface area contributed by atoms with Crippen LogP contribution in [-0.4, -0.2) is 93.3 Å². The molecule has 1 fully saturated rings. The molecule has 0 aliphatic carbocycles. The molecule has 2 aromatic rings. The van der Waals surface area contributed by atoms with Gasteiger partial charge in [0, 0.05) is 55.5 Å². The molecule has 2 N–H and O–H groups in total. The Hall–Kier alpha value is -3.01. The summed E-state index contributed by atoms with van der Waals surface area (Å²) < 4.78 is 13.0. The first-order chi connectivity index (χ1) is 16.8. The molecule has 0 radical (unpaired) electrons. The van der Waals surface area contributed by atoms with Crippen molar-refractivity contribution in [2.45, 2.75) is 12.5 Å². The highest BCUT2D eigenvalue weighted by Gasteiger charge is 2.17. The number of piperazine rings is 1. The highest BCUT2D eigenvalue weighted by atomic mass is 35.5. The van der Waals surface area contributed by atoms with Crippen molar-refractivity contribution in [2.24, 2.45) is 0 Å². The molecule has 190 valence electrons. The molecular weight excluding hydrogens is 475 g/mol. The Morgan fingerprint density at radius 2 is 1.86 bits per heavy atom. The zero-order chi connectivity index (χ0) is 25.8. The van der Waals surface area contributed by atoms with Gasteiger partial charge in [0.15, 0.2) is 6.29 Å². The average Bonchev–Trinajstić information content (AvgIpc) is 2.84. The van der Waals surface area contributed by atoms with Gasteiger partial charge in [-0.1, -0.05) is 17.7 Å². The van der Waals surface area contributed by atoms with E-state index in [4.69, 9.17) is 11.6 Å². The van der Waals surface area contributed by atoms with E-state index in [2.05, 4.69) is 22.2 Å². The van der Waals surface area contributed by atoms with E-state index in [1.54, 1.807) is 19.2 Å². The van der Waals surface area contributed by atoms with E-state index in [9.17, 15) is 23.9 Å². The standard InChI is InChI=1S/C13H17ClN2O3.C12H15FN2O/c1-16(5-4-15-9-18)11(8-17)6-10-2-3-12(19)7-13(10)14;1-14-4-6-15(7-5-14)12-3-2-11(13)8-10(12)9-16/h2-3,7-9,11,19H,4-6H2,1H3,(H,15,18);2-3,8-9H,4-7H2,1H3. The van der Waals surface area contributed by atoms with E-state index >= 15 is 0 Å². The minimum atomic E-state index is -0.361. The molecule has 0 bridgehead atoms. The second-order valence-electron chi connectivity index (χ2n) is 8.35. The maximum Gasteiger partial charge on any atom is 0.207 e. The van der Waals surface area contributed by atoms with Gasteiger partial charge in [0.25, 0.3) is 0 Å². The fraction of sp³-hybridized carbons (Fsp3) is 0.400. The summed E-state index contributed by atoms with van der Waals surface area (Å²) in [6.45, 7) is 4.74. The smallest absolute Gasteiger partial charge is 0.207 e. The van der Waals surface area contributed by atoms with Crippen molar-refractivity contribution in [1.82, 2.24) is 15.1 Å². The Kier molecular flexibility index (Phi) is 11.6. The van der Waals surface area contributed by atoms with Gasteiger partial charge in [-0.05, 0) is 56.4 Å². The number of rotatable bonds is 10. The molecule has 1 saturated heterocycles. The van der Waals surface area contributed by atoms with Crippen LogP contribution >= 0.6 is 11.6 Å². The van der Waals surface area contributed by atoms with Gasteiger partial charge < -0.3 is 25.0 Å². The van der Waals surface area contributed by atoms with Gasteiger partial charge >= 0.3 is 0 Å². The average molecular weight is 507 g/mol. The van der Waals surface area contributed by atoms with Gasteiger partial charge in [0.1, 0.15) is 17.9 Å². The molecule has 0 aromatic heterocycles. The zero-order valence-electron chi connectivity index (χ0n) is 20.0. The molecule has 35 heavy (non-hydrogen) atoms. The van der Waals surface area contributed by atoms with Crippen LogP contribution in [0.15, 0.2) is 36.4 Å². The summed E-state index contributed by atoms with van der Waals surface area (Å²) >= 11 is 6.01. The lowest BCUT2D eigenvalue weighted by molar-refractivity contribution is -0.112. The minimum Gasteiger partial charge on any atom is -0.508 e. The molecule has 0 spiro atoms. The van der Waals surface area contributed by atoms with Crippen LogP contribution in [0.25, 0.3) is 0 Å². The Morgan fingerprint density at radius 3 is 2.46 bits per heavy atom. The van der Waals surface area contributed by atoms with Crippen LogP contribution < -0.4 is 10.2 Å². The van der Waals surface area contributed by atoms with Crippen LogP contribution in [0, 0.1) is 5.82 Å². The number of hydrogen-bond acceptors (Lipinski definition) is 7. The normalized spacial score (nSPS) is 14.6. The summed E-state index contributed by atoms with van der Waals surface area (Å²) in [5, 5.41) is 12.3. The summed E-state index contributed by atoms with van der Waals surface area (Å²) in [5.41, 5.74) is 2.07. The minimum absolute atomic E-state index is 0.0972. The van der Waals surface area contributed by atoms with Gasteiger partial charge in [-0.3, -0.25) is 14.5 Å². The summed E-state index contributed by atoms with van der Waals surface area (Å²) in [7, 11) is 3.88. The number of likely N-dealkylation sites (N-methyl/N-ethyl adjacent to an activating group) is 2. The van der Waals surface area contributed by atoms with Gasteiger partial charge in [0.2, 0.25) is 6.41 Å². The van der Waals surface area contributed by atoms with Crippen LogP contribution in [0.2, 0.25) is 5.02 Å². The molecule has 8 nitrogen and oxygen atoms in total. The van der Waals surface area contributed by atoms with Crippen LogP contribution in [0.5, 0.6) is 5.75 Å². The third-order valence-electron chi connectivity index (χ3n) is 5.84. The highest BCUT2D eigenvalue weighted by molar-refractivity contribution is 6.31. The van der Waals surface area contributed by atoms with Crippen molar-refractivity contribution < 1.29 is 23.9 Å². The third kappa shape index (κ3) is 8.93. The van der Waals surface area contributed by atoms with Crippen molar-refractivity contribution in [2.75, 3.05) is 58.3 Å². The van der Waals surface area contributed by atoms with E-state index < -0.39 is 0 Å². The Labute approximate surface area is 210 Å².